The molecule has 1 saturated heterocycles. The lowest BCUT2D eigenvalue weighted by Gasteiger charge is -2.30. The fourth-order valence-electron chi connectivity index (χ4n) is 3.67. The Kier molecular flexibility index (Phi) is 6.02. The second-order valence-corrected chi connectivity index (χ2v) is 6.78. The highest BCUT2D eigenvalue weighted by Crippen LogP contribution is 2.33. The van der Waals surface area contributed by atoms with Gasteiger partial charge in [0.1, 0.15) is 0 Å². The average molecular weight is 347 g/mol. The first-order chi connectivity index (χ1) is 12.2. The van der Waals surface area contributed by atoms with Crippen LogP contribution in [0, 0.1) is 0 Å². The number of carbonyl (C=O) groups is 1. The largest absolute Gasteiger partial charge is 0.493 e. The summed E-state index contributed by atoms with van der Waals surface area (Å²) in [6, 6.07) is 4.04. The lowest BCUT2D eigenvalue weighted by atomic mass is 9.99. The Balaban J connectivity index is 1.53. The van der Waals surface area contributed by atoms with Crippen molar-refractivity contribution < 1.29 is 14.3 Å². The molecule has 3 rings (SSSR count). The molecule has 25 heavy (non-hydrogen) atoms. The van der Waals surface area contributed by atoms with Gasteiger partial charge in [0.05, 0.1) is 14.2 Å². The van der Waals surface area contributed by atoms with Gasteiger partial charge in [-0.25, -0.2) is 4.79 Å². The van der Waals surface area contributed by atoms with Crippen LogP contribution in [0.25, 0.3) is 0 Å². The molecule has 2 aliphatic rings. The predicted octanol–water partition coefficient (Wildman–Crippen LogP) is 2.26. The number of nitrogens with zero attached hydrogens (tertiary/aromatic N) is 2. The minimum Gasteiger partial charge on any atom is -0.493 e. The van der Waals surface area contributed by atoms with Crippen LogP contribution in [-0.4, -0.2) is 62.8 Å². The molecule has 0 bridgehead atoms. The molecule has 2 heterocycles. The summed E-state index contributed by atoms with van der Waals surface area (Å²) >= 11 is 0. The van der Waals surface area contributed by atoms with Gasteiger partial charge >= 0.3 is 6.03 Å². The van der Waals surface area contributed by atoms with Crippen LogP contribution in [0.4, 0.5) is 4.79 Å². The molecule has 1 fully saturated rings. The van der Waals surface area contributed by atoms with Crippen molar-refractivity contribution in [1.29, 1.82) is 0 Å². The number of carbonyl (C=O) groups excluding carboxylic acids is 1. The number of likely N-dealkylation sites (tertiary alicyclic amines) is 1. The van der Waals surface area contributed by atoms with E-state index in [4.69, 9.17) is 9.47 Å². The number of hydrogen-bond donors (Lipinski definition) is 1. The molecule has 0 aromatic heterocycles. The van der Waals surface area contributed by atoms with E-state index in [0.717, 1.165) is 43.9 Å². The van der Waals surface area contributed by atoms with Gasteiger partial charge in [0.2, 0.25) is 0 Å². The number of fused-ring (bicyclic) bond motifs is 1. The molecule has 0 spiro atoms. The average Bonchev–Trinajstić information content (AvgIpc) is 2.67. The van der Waals surface area contributed by atoms with Crippen LogP contribution >= 0.6 is 0 Å². The van der Waals surface area contributed by atoms with Crippen molar-refractivity contribution in [2.45, 2.75) is 32.2 Å². The van der Waals surface area contributed by atoms with E-state index in [0.29, 0.717) is 18.8 Å². The molecule has 2 amide bonds. The Morgan fingerprint density at radius 1 is 1.04 bits per heavy atom. The van der Waals surface area contributed by atoms with E-state index in [9.17, 15) is 4.79 Å². The van der Waals surface area contributed by atoms with E-state index in [1.54, 1.807) is 14.2 Å². The maximum Gasteiger partial charge on any atom is 0.317 e. The van der Waals surface area contributed by atoms with E-state index in [1.165, 1.54) is 24.8 Å². The standard InChI is InChI=1S/C19H29N3O3/c1-24-17-12-15-6-10-22(14-16(15)13-18(17)25-2)19(23)20-7-11-21-8-4-3-5-9-21/h12-13H,3-11,14H2,1-2H3,(H,20,23). The normalized spacial score (nSPS) is 17.8. The van der Waals surface area contributed by atoms with Gasteiger partial charge in [0.25, 0.3) is 0 Å². The van der Waals surface area contributed by atoms with E-state index >= 15 is 0 Å². The van der Waals surface area contributed by atoms with E-state index in [-0.39, 0.29) is 6.03 Å². The van der Waals surface area contributed by atoms with Crippen LogP contribution in [0.1, 0.15) is 30.4 Å². The number of ether oxygens (including phenoxy) is 2. The smallest absolute Gasteiger partial charge is 0.317 e. The van der Waals surface area contributed by atoms with Crippen molar-refractivity contribution in [2.24, 2.45) is 0 Å². The Morgan fingerprint density at radius 3 is 2.40 bits per heavy atom. The maximum absolute atomic E-state index is 12.5. The van der Waals surface area contributed by atoms with Crippen molar-refractivity contribution in [3.63, 3.8) is 0 Å². The topological polar surface area (TPSA) is 54.0 Å². The first-order valence-electron chi connectivity index (χ1n) is 9.20. The second-order valence-electron chi connectivity index (χ2n) is 6.78. The minimum atomic E-state index is 0.0254. The zero-order valence-corrected chi connectivity index (χ0v) is 15.3. The van der Waals surface area contributed by atoms with Crippen LogP contribution in [0.3, 0.4) is 0 Å². The van der Waals surface area contributed by atoms with Crippen molar-refractivity contribution in [1.82, 2.24) is 15.1 Å². The monoisotopic (exact) mass is 347 g/mol. The third kappa shape index (κ3) is 4.37. The SMILES string of the molecule is COc1cc2c(cc1OC)CN(C(=O)NCCN1CCCCC1)CC2. The number of piperidine rings is 1. The number of hydrogen-bond acceptors (Lipinski definition) is 4. The molecule has 138 valence electrons. The highest BCUT2D eigenvalue weighted by atomic mass is 16.5. The number of urea groups is 1. The highest BCUT2D eigenvalue weighted by molar-refractivity contribution is 5.74. The Labute approximate surface area is 150 Å². The van der Waals surface area contributed by atoms with E-state index in [1.807, 2.05) is 17.0 Å². The molecule has 1 N–H and O–H groups in total. The molecule has 0 radical (unpaired) electrons. The first kappa shape index (κ1) is 17.9. The third-order valence-electron chi connectivity index (χ3n) is 5.16. The number of methoxy groups -OCH3 is 2. The molecule has 0 unspecified atom stereocenters. The fourth-order valence-corrected chi connectivity index (χ4v) is 3.67. The summed E-state index contributed by atoms with van der Waals surface area (Å²) in [5.74, 6) is 1.47. The maximum atomic E-state index is 12.5. The van der Waals surface area contributed by atoms with E-state index < -0.39 is 0 Å². The summed E-state index contributed by atoms with van der Waals surface area (Å²) in [6.07, 6.45) is 4.74. The summed E-state index contributed by atoms with van der Waals surface area (Å²) in [4.78, 5) is 16.8. The lowest BCUT2D eigenvalue weighted by molar-refractivity contribution is 0.186. The quantitative estimate of drug-likeness (QED) is 0.888. The van der Waals surface area contributed by atoms with Crippen molar-refractivity contribution in [2.75, 3.05) is 46.9 Å². The third-order valence-corrected chi connectivity index (χ3v) is 5.16. The Bertz CT molecular complexity index is 600. The van der Waals surface area contributed by atoms with Crippen molar-refractivity contribution in [3.05, 3.63) is 23.3 Å². The van der Waals surface area contributed by atoms with Gasteiger partial charge in [-0.2, -0.15) is 0 Å². The van der Waals surface area contributed by atoms with E-state index in [2.05, 4.69) is 10.2 Å². The van der Waals surface area contributed by atoms with Crippen LogP contribution in [0.5, 0.6) is 11.5 Å². The van der Waals surface area contributed by atoms with Gasteiger partial charge < -0.3 is 24.6 Å². The van der Waals surface area contributed by atoms with Gasteiger partial charge in [0, 0.05) is 26.2 Å². The van der Waals surface area contributed by atoms with Gasteiger partial charge in [-0.15, -0.1) is 0 Å². The Morgan fingerprint density at radius 2 is 1.72 bits per heavy atom. The Hall–Kier alpha value is -1.95. The van der Waals surface area contributed by atoms with Crippen LogP contribution < -0.4 is 14.8 Å². The van der Waals surface area contributed by atoms with Crippen LogP contribution in [-0.2, 0) is 13.0 Å². The molecule has 1 aromatic carbocycles. The molecule has 2 aliphatic heterocycles. The lowest BCUT2D eigenvalue weighted by Crippen LogP contribution is -2.45. The molecule has 1 aromatic rings. The molecule has 6 heteroatoms. The molecule has 0 saturated carbocycles. The predicted molar refractivity (Wildman–Crippen MR) is 97.3 cm³/mol. The molecular formula is C19H29N3O3. The molecule has 0 aliphatic carbocycles. The summed E-state index contributed by atoms with van der Waals surface area (Å²) < 4.78 is 10.7. The fraction of sp³-hybridized carbons (Fsp3) is 0.632. The van der Waals surface area contributed by atoms with Crippen molar-refractivity contribution >= 4 is 6.03 Å². The summed E-state index contributed by atoms with van der Waals surface area (Å²) in [7, 11) is 3.29. The van der Waals surface area contributed by atoms with Gasteiger partial charge in [-0.1, -0.05) is 6.42 Å². The molecule has 6 nitrogen and oxygen atoms in total. The number of rotatable bonds is 5. The van der Waals surface area contributed by atoms with Gasteiger partial charge in [-0.3, -0.25) is 0 Å². The van der Waals surface area contributed by atoms with Gasteiger partial charge in [-0.05, 0) is 55.6 Å². The molecule has 0 atom stereocenters. The molecular weight excluding hydrogens is 318 g/mol. The second kappa shape index (κ2) is 8.43. The number of nitrogens with one attached hydrogen (secondary N) is 1. The van der Waals surface area contributed by atoms with Gasteiger partial charge in [0.15, 0.2) is 11.5 Å². The van der Waals surface area contributed by atoms with Crippen LogP contribution in [0.2, 0.25) is 0 Å². The summed E-state index contributed by atoms with van der Waals surface area (Å²) in [5.41, 5.74) is 2.37. The number of amides is 2. The zero-order valence-electron chi connectivity index (χ0n) is 15.3. The summed E-state index contributed by atoms with van der Waals surface area (Å²) in [5, 5.41) is 3.07. The zero-order chi connectivity index (χ0) is 17.6. The first-order valence-corrected chi connectivity index (χ1v) is 9.20. The van der Waals surface area contributed by atoms with Crippen LogP contribution in [0.15, 0.2) is 12.1 Å². The highest BCUT2D eigenvalue weighted by Gasteiger charge is 2.22. The minimum absolute atomic E-state index is 0.0254. The number of benzene rings is 1. The van der Waals surface area contributed by atoms with Crippen molar-refractivity contribution in [3.8, 4) is 11.5 Å². The summed E-state index contributed by atoms with van der Waals surface area (Å²) in [6.45, 7) is 5.34.